The summed E-state index contributed by atoms with van der Waals surface area (Å²) in [4.78, 5) is 10.9. The van der Waals surface area contributed by atoms with Crippen LogP contribution in [0.2, 0.25) is 0 Å². The minimum Gasteiger partial charge on any atom is -0.330 e. The third-order valence-electron chi connectivity index (χ3n) is 1.56. The van der Waals surface area contributed by atoms with Gasteiger partial charge >= 0.3 is 0 Å². The summed E-state index contributed by atoms with van der Waals surface area (Å²) in [5, 5.41) is 2.67. The van der Waals surface area contributed by atoms with Gasteiger partial charge in [0.05, 0.1) is 0 Å². The quantitative estimate of drug-likeness (QED) is 0.515. The molecule has 2 nitrogen and oxygen atoms in total. The van der Waals surface area contributed by atoms with Gasteiger partial charge in [-0.25, -0.2) is 0 Å². The van der Waals surface area contributed by atoms with Crippen LogP contribution in [0, 0.1) is 5.41 Å². The molecule has 50 valence electrons. The summed E-state index contributed by atoms with van der Waals surface area (Å²) in [7, 11) is 0. The zero-order valence-corrected chi connectivity index (χ0v) is 5.82. The Bertz CT molecular complexity index is 170. The minimum atomic E-state index is -0.225. The van der Waals surface area contributed by atoms with Gasteiger partial charge in [0, 0.05) is 17.5 Å². The summed E-state index contributed by atoms with van der Waals surface area (Å²) >= 11 is 0. The van der Waals surface area contributed by atoms with Gasteiger partial charge in [0.15, 0.2) is 0 Å². The van der Waals surface area contributed by atoms with E-state index in [-0.39, 0.29) is 11.3 Å². The molecule has 1 aliphatic heterocycles. The molecule has 0 aliphatic carbocycles. The Labute approximate surface area is 54.9 Å². The van der Waals surface area contributed by atoms with Crippen LogP contribution in [0.1, 0.15) is 20.3 Å². The molecule has 0 spiro atoms. The Balaban J connectivity index is 2.81. The highest BCUT2D eigenvalue weighted by Crippen LogP contribution is 2.29. The lowest BCUT2D eigenvalue weighted by Crippen LogP contribution is -2.24. The lowest BCUT2D eigenvalue weighted by molar-refractivity contribution is -0.125. The number of amides is 1. The second-order valence-electron chi connectivity index (χ2n) is 3.12. The number of carbonyl (C=O) groups is 1. The third-order valence-corrected chi connectivity index (χ3v) is 1.56. The van der Waals surface area contributed by atoms with Crippen molar-refractivity contribution in [2.45, 2.75) is 20.3 Å². The van der Waals surface area contributed by atoms with Gasteiger partial charge in [-0.3, -0.25) is 4.79 Å². The zero-order valence-electron chi connectivity index (χ0n) is 5.82. The average molecular weight is 125 g/mol. The van der Waals surface area contributed by atoms with E-state index in [2.05, 4.69) is 11.9 Å². The van der Waals surface area contributed by atoms with E-state index < -0.39 is 0 Å². The molecule has 1 rings (SSSR count). The maximum absolute atomic E-state index is 10.9. The predicted octanol–water partition coefficient (Wildman–Crippen LogP) is 1.05. The van der Waals surface area contributed by atoms with Gasteiger partial charge in [0.2, 0.25) is 5.91 Å². The maximum Gasteiger partial charge on any atom is 0.230 e. The number of hydrogen-bond donors (Lipinski definition) is 1. The fourth-order valence-electron chi connectivity index (χ4n) is 0.988. The van der Waals surface area contributed by atoms with E-state index in [4.69, 9.17) is 0 Å². The number of hydrogen-bond acceptors (Lipinski definition) is 1. The third kappa shape index (κ3) is 0.969. The van der Waals surface area contributed by atoms with Crippen LogP contribution in [0.5, 0.6) is 0 Å². The normalized spacial score (nSPS) is 24.2. The van der Waals surface area contributed by atoms with E-state index in [9.17, 15) is 4.79 Å². The first-order valence-electron chi connectivity index (χ1n) is 3.01. The van der Waals surface area contributed by atoms with Gasteiger partial charge in [-0.1, -0.05) is 20.4 Å². The SMILES string of the molecule is C=C1CC(C)(C)C(=O)N1. The Morgan fingerprint density at radius 2 is 2.22 bits per heavy atom. The molecule has 0 unspecified atom stereocenters. The molecule has 9 heavy (non-hydrogen) atoms. The van der Waals surface area contributed by atoms with Crippen molar-refractivity contribution >= 4 is 5.91 Å². The largest absolute Gasteiger partial charge is 0.330 e. The van der Waals surface area contributed by atoms with Crippen LogP contribution >= 0.6 is 0 Å². The molecule has 1 aliphatic rings. The van der Waals surface area contributed by atoms with E-state index >= 15 is 0 Å². The molecule has 1 heterocycles. The highest BCUT2D eigenvalue weighted by atomic mass is 16.2. The fraction of sp³-hybridized carbons (Fsp3) is 0.571. The maximum atomic E-state index is 10.9. The summed E-state index contributed by atoms with van der Waals surface area (Å²) in [6, 6.07) is 0. The molecule has 1 N–H and O–H groups in total. The molecule has 0 atom stereocenters. The highest BCUT2D eigenvalue weighted by molar-refractivity contribution is 5.86. The molecule has 0 aromatic rings. The van der Waals surface area contributed by atoms with Crippen molar-refractivity contribution in [1.29, 1.82) is 0 Å². The Kier molecular flexibility index (Phi) is 1.12. The summed E-state index contributed by atoms with van der Waals surface area (Å²) in [6.07, 6.45) is 0.770. The van der Waals surface area contributed by atoms with Crippen LogP contribution in [-0.2, 0) is 4.79 Å². The fourth-order valence-corrected chi connectivity index (χ4v) is 0.988. The monoisotopic (exact) mass is 125 g/mol. The average Bonchev–Trinajstić information content (AvgIpc) is 1.79. The molecule has 2 heteroatoms. The number of carbonyl (C=O) groups excluding carboxylic acids is 1. The highest BCUT2D eigenvalue weighted by Gasteiger charge is 2.34. The van der Waals surface area contributed by atoms with Crippen LogP contribution in [-0.4, -0.2) is 5.91 Å². The van der Waals surface area contributed by atoms with Crippen molar-refractivity contribution in [3.8, 4) is 0 Å². The van der Waals surface area contributed by atoms with Crippen molar-refractivity contribution in [2.75, 3.05) is 0 Å². The smallest absolute Gasteiger partial charge is 0.230 e. The van der Waals surface area contributed by atoms with E-state index in [0.717, 1.165) is 12.1 Å². The lowest BCUT2D eigenvalue weighted by Gasteiger charge is -2.09. The van der Waals surface area contributed by atoms with Crippen LogP contribution in [0.25, 0.3) is 0 Å². The Morgan fingerprint density at radius 1 is 1.67 bits per heavy atom. The van der Waals surface area contributed by atoms with E-state index in [1.165, 1.54) is 0 Å². The van der Waals surface area contributed by atoms with Gasteiger partial charge in [0.25, 0.3) is 0 Å². The van der Waals surface area contributed by atoms with E-state index in [1.807, 2.05) is 13.8 Å². The Hall–Kier alpha value is -0.790. The summed E-state index contributed by atoms with van der Waals surface area (Å²) in [6.45, 7) is 7.50. The van der Waals surface area contributed by atoms with Crippen LogP contribution in [0.15, 0.2) is 12.3 Å². The molecule has 0 aromatic carbocycles. The molecule has 1 saturated heterocycles. The van der Waals surface area contributed by atoms with Gasteiger partial charge in [-0.05, 0) is 0 Å². The lowest BCUT2D eigenvalue weighted by atomic mass is 9.91. The molecule has 0 aromatic heterocycles. The first kappa shape index (κ1) is 6.33. The van der Waals surface area contributed by atoms with Crippen LogP contribution in [0.4, 0.5) is 0 Å². The standard InChI is InChI=1S/C7H11NO/c1-5-4-7(2,3)6(9)8-5/h1,4H2,2-3H3,(H,8,9). The first-order valence-corrected chi connectivity index (χ1v) is 3.01. The predicted molar refractivity (Wildman–Crippen MR) is 35.7 cm³/mol. The second-order valence-corrected chi connectivity index (χ2v) is 3.12. The minimum absolute atomic E-state index is 0.0903. The molecule has 0 radical (unpaired) electrons. The summed E-state index contributed by atoms with van der Waals surface area (Å²) < 4.78 is 0. The zero-order chi connectivity index (χ0) is 7.07. The molecular formula is C7H11NO. The first-order chi connectivity index (χ1) is 4.02. The van der Waals surface area contributed by atoms with Crippen LogP contribution in [0.3, 0.4) is 0 Å². The van der Waals surface area contributed by atoms with Gasteiger partial charge in [0.1, 0.15) is 0 Å². The van der Waals surface area contributed by atoms with Crippen molar-refractivity contribution in [3.05, 3.63) is 12.3 Å². The second kappa shape index (κ2) is 1.59. The van der Waals surface area contributed by atoms with Crippen molar-refractivity contribution in [1.82, 2.24) is 5.32 Å². The Morgan fingerprint density at radius 3 is 2.33 bits per heavy atom. The summed E-state index contributed by atoms with van der Waals surface area (Å²) in [5.41, 5.74) is 0.613. The molecule has 1 fully saturated rings. The van der Waals surface area contributed by atoms with Gasteiger partial charge in [-0.15, -0.1) is 0 Å². The van der Waals surface area contributed by atoms with Crippen molar-refractivity contribution in [3.63, 3.8) is 0 Å². The van der Waals surface area contributed by atoms with Gasteiger partial charge < -0.3 is 5.32 Å². The molecule has 1 amide bonds. The van der Waals surface area contributed by atoms with Gasteiger partial charge in [-0.2, -0.15) is 0 Å². The summed E-state index contributed by atoms with van der Waals surface area (Å²) in [5.74, 6) is 0.0903. The van der Waals surface area contributed by atoms with Crippen molar-refractivity contribution in [2.24, 2.45) is 5.41 Å². The van der Waals surface area contributed by atoms with Crippen molar-refractivity contribution < 1.29 is 4.79 Å². The molecular weight excluding hydrogens is 114 g/mol. The molecule has 0 bridgehead atoms. The number of allylic oxidation sites excluding steroid dienone is 1. The molecule has 0 saturated carbocycles. The van der Waals surface area contributed by atoms with E-state index in [1.54, 1.807) is 0 Å². The van der Waals surface area contributed by atoms with Crippen LogP contribution < -0.4 is 5.32 Å². The van der Waals surface area contributed by atoms with E-state index in [0.29, 0.717) is 0 Å². The number of nitrogens with one attached hydrogen (secondary N) is 1. The topological polar surface area (TPSA) is 29.1 Å². The number of rotatable bonds is 0.